The molecule has 1 heterocycles. The average Bonchev–Trinajstić information content (AvgIpc) is 2.46. The summed E-state index contributed by atoms with van der Waals surface area (Å²) in [4.78, 5) is 28.5. The van der Waals surface area contributed by atoms with Gasteiger partial charge in [-0.2, -0.15) is 0 Å². The van der Waals surface area contributed by atoms with Crippen LogP contribution in [0.25, 0.3) is 0 Å². The Morgan fingerprint density at radius 3 is 2.57 bits per heavy atom. The predicted octanol–water partition coefficient (Wildman–Crippen LogP) is 2.95. The van der Waals surface area contributed by atoms with E-state index in [0.29, 0.717) is 12.1 Å². The van der Waals surface area contributed by atoms with Crippen molar-refractivity contribution in [2.24, 2.45) is 10.9 Å². The molecule has 0 amide bonds. The molecule has 1 aromatic rings. The van der Waals surface area contributed by atoms with Crippen molar-refractivity contribution in [3.63, 3.8) is 0 Å². The van der Waals surface area contributed by atoms with Gasteiger partial charge < -0.3 is 5.11 Å². The number of aliphatic imine (C=N–C) groups is 1. The molecule has 21 heavy (non-hydrogen) atoms. The Morgan fingerprint density at radius 1 is 1.19 bits per heavy atom. The molecule has 4 heteroatoms. The third-order valence-electron chi connectivity index (χ3n) is 4.30. The smallest absolute Gasteiger partial charge is 0.334 e. The topological polar surface area (TPSA) is 66.7 Å². The highest BCUT2D eigenvalue weighted by molar-refractivity contribution is 6.11. The fraction of sp³-hybridized carbons (Fsp3) is 0.353. The molecule has 1 aliphatic heterocycles. The van der Waals surface area contributed by atoms with E-state index in [1.54, 1.807) is 6.92 Å². The highest BCUT2D eigenvalue weighted by Gasteiger charge is 2.43. The van der Waals surface area contributed by atoms with E-state index in [9.17, 15) is 14.7 Å². The molecule has 0 spiro atoms. The molecule has 1 saturated carbocycles. The summed E-state index contributed by atoms with van der Waals surface area (Å²) in [7, 11) is 0. The van der Waals surface area contributed by atoms with Crippen molar-refractivity contribution >= 4 is 17.5 Å². The third-order valence-corrected chi connectivity index (χ3v) is 4.30. The number of carboxylic acids is 1. The van der Waals surface area contributed by atoms with Gasteiger partial charge in [0.05, 0.1) is 11.5 Å². The van der Waals surface area contributed by atoms with Crippen LogP contribution < -0.4 is 0 Å². The maximum Gasteiger partial charge on any atom is 0.334 e. The van der Waals surface area contributed by atoms with Gasteiger partial charge in [-0.25, -0.2) is 4.79 Å². The molecule has 2 atom stereocenters. The molecule has 0 radical (unpaired) electrons. The van der Waals surface area contributed by atoms with Gasteiger partial charge in [-0.3, -0.25) is 9.79 Å². The molecule has 1 aliphatic carbocycles. The summed E-state index contributed by atoms with van der Waals surface area (Å²) in [6.07, 6.45) is 2.11. The normalized spacial score (nSPS) is 25.4. The molecular formula is C17H17NO3. The zero-order chi connectivity index (χ0) is 15.0. The number of nitrogens with zero attached hydrogens (tertiary/aromatic N) is 1. The maximum atomic E-state index is 12.4. The lowest BCUT2D eigenvalue weighted by Gasteiger charge is -2.35. The van der Waals surface area contributed by atoms with Crippen LogP contribution in [0.1, 0.15) is 37.7 Å². The van der Waals surface area contributed by atoms with E-state index >= 15 is 0 Å². The van der Waals surface area contributed by atoms with E-state index in [1.165, 1.54) is 0 Å². The molecule has 1 N–H and O–H groups in total. The first kappa shape index (κ1) is 13.7. The molecule has 0 bridgehead atoms. The Balaban J connectivity index is 2.18. The number of allylic oxidation sites excluding steroid dienone is 1. The quantitative estimate of drug-likeness (QED) is 0.907. The largest absolute Gasteiger partial charge is 0.478 e. The first-order valence-electron chi connectivity index (χ1n) is 7.18. The second-order valence-electron chi connectivity index (χ2n) is 5.59. The lowest BCUT2D eigenvalue weighted by molar-refractivity contribution is -0.133. The van der Waals surface area contributed by atoms with Crippen LogP contribution in [0.4, 0.5) is 0 Å². The second-order valence-corrected chi connectivity index (χ2v) is 5.59. The van der Waals surface area contributed by atoms with E-state index in [4.69, 9.17) is 0 Å². The van der Waals surface area contributed by atoms with Crippen molar-refractivity contribution in [1.82, 2.24) is 0 Å². The maximum absolute atomic E-state index is 12.4. The number of Topliss-reactive ketones (excluding diaryl/α,β-unsaturated/α-hetero) is 1. The Labute approximate surface area is 123 Å². The minimum atomic E-state index is -0.984. The number of carbonyl (C=O) groups excluding carboxylic acids is 1. The number of hydrogen-bond acceptors (Lipinski definition) is 3. The molecule has 0 saturated heterocycles. The summed E-state index contributed by atoms with van der Waals surface area (Å²) >= 11 is 0. The Morgan fingerprint density at radius 2 is 1.90 bits per heavy atom. The van der Waals surface area contributed by atoms with Gasteiger partial charge >= 0.3 is 5.97 Å². The van der Waals surface area contributed by atoms with Crippen LogP contribution in [0.3, 0.4) is 0 Å². The van der Waals surface area contributed by atoms with Gasteiger partial charge in [0.25, 0.3) is 0 Å². The van der Waals surface area contributed by atoms with Crippen LogP contribution >= 0.6 is 0 Å². The Hall–Kier alpha value is -2.23. The Bertz CT molecular complexity index is 658. The fourth-order valence-corrected chi connectivity index (χ4v) is 3.42. The SMILES string of the molecule is CC1=C(C(=O)O)C(c2ccccc2)C2C(=O)CCCC2=N1. The van der Waals surface area contributed by atoms with Crippen molar-refractivity contribution < 1.29 is 14.7 Å². The minimum Gasteiger partial charge on any atom is -0.478 e. The summed E-state index contributed by atoms with van der Waals surface area (Å²) in [5.41, 5.74) is 2.51. The monoisotopic (exact) mass is 283 g/mol. The number of carboxylic acid groups (broad SMARTS) is 1. The molecule has 1 aromatic carbocycles. The third kappa shape index (κ3) is 2.31. The first-order valence-corrected chi connectivity index (χ1v) is 7.18. The van der Waals surface area contributed by atoms with Gasteiger partial charge in [0.15, 0.2) is 0 Å². The highest BCUT2D eigenvalue weighted by Crippen LogP contribution is 2.42. The molecule has 0 aromatic heterocycles. The summed E-state index contributed by atoms with van der Waals surface area (Å²) in [5, 5.41) is 9.58. The molecule has 4 nitrogen and oxygen atoms in total. The minimum absolute atomic E-state index is 0.111. The van der Waals surface area contributed by atoms with Crippen LogP contribution in [0.5, 0.6) is 0 Å². The van der Waals surface area contributed by atoms with Gasteiger partial charge in [0, 0.05) is 23.7 Å². The van der Waals surface area contributed by atoms with Gasteiger partial charge in [-0.05, 0) is 25.3 Å². The van der Waals surface area contributed by atoms with Gasteiger partial charge in [-0.1, -0.05) is 30.3 Å². The van der Waals surface area contributed by atoms with Crippen LogP contribution in [-0.2, 0) is 9.59 Å². The number of rotatable bonds is 2. The lowest BCUT2D eigenvalue weighted by Crippen LogP contribution is -2.38. The van der Waals surface area contributed by atoms with Gasteiger partial charge in [0.2, 0.25) is 0 Å². The van der Waals surface area contributed by atoms with Crippen molar-refractivity contribution in [3.8, 4) is 0 Å². The number of fused-ring (bicyclic) bond motifs is 1. The molecule has 1 fully saturated rings. The van der Waals surface area contributed by atoms with Crippen molar-refractivity contribution in [2.75, 3.05) is 0 Å². The highest BCUT2D eigenvalue weighted by atomic mass is 16.4. The number of aliphatic carboxylic acids is 1. The van der Waals surface area contributed by atoms with E-state index in [-0.39, 0.29) is 11.4 Å². The standard InChI is InChI=1S/C17H17NO3/c1-10-14(17(20)21)15(11-6-3-2-4-7-11)16-12(18-10)8-5-9-13(16)19/h2-4,6-7,15-16H,5,8-9H2,1H3,(H,20,21). The second kappa shape index (κ2) is 5.28. The van der Waals surface area contributed by atoms with E-state index < -0.39 is 17.8 Å². The van der Waals surface area contributed by atoms with Crippen molar-refractivity contribution in [2.45, 2.75) is 32.1 Å². The number of hydrogen-bond donors (Lipinski definition) is 1. The molecule has 3 rings (SSSR count). The predicted molar refractivity (Wildman–Crippen MR) is 79.3 cm³/mol. The van der Waals surface area contributed by atoms with Crippen LogP contribution in [0.2, 0.25) is 0 Å². The van der Waals surface area contributed by atoms with E-state index in [0.717, 1.165) is 24.1 Å². The summed E-state index contributed by atoms with van der Waals surface area (Å²) in [5.74, 6) is -1.69. The summed E-state index contributed by atoms with van der Waals surface area (Å²) < 4.78 is 0. The van der Waals surface area contributed by atoms with E-state index in [1.807, 2.05) is 30.3 Å². The number of carbonyl (C=O) groups is 2. The first-order chi connectivity index (χ1) is 10.1. The molecule has 2 aliphatic rings. The Kier molecular flexibility index (Phi) is 3.45. The molecule has 2 unspecified atom stereocenters. The zero-order valence-electron chi connectivity index (χ0n) is 11.9. The van der Waals surface area contributed by atoms with Crippen LogP contribution in [-0.4, -0.2) is 22.6 Å². The lowest BCUT2D eigenvalue weighted by atomic mass is 9.69. The van der Waals surface area contributed by atoms with Crippen LogP contribution in [0.15, 0.2) is 46.6 Å². The number of ketones is 1. The average molecular weight is 283 g/mol. The van der Waals surface area contributed by atoms with Crippen LogP contribution in [0, 0.1) is 5.92 Å². The fourth-order valence-electron chi connectivity index (χ4n) is 3.42. The number of benzene rings is 1. The molecular weight excluding hydrogens is 266 g/mol. The van der Waals surface area contributed by atoms with Crippen molar-refractivity contribution in [1.29, 1.82) is 0 Å². The van der Waals surface area contributed by atoms with Gasteiger partial charge in [0.1, 0.15) is 5.78 Å². The van der Waals surface area contributed by atoms with Crippen molar-refractivity contribution in [3.05, 3.63) is 47.2 Å². The van der Waals surface area contributed by atoms with Gasteiger partial charge in [-0.15, -0.1) is 0 Å². The van der Waals surface area contributed by atoms with E-state index in [2.05, 4.69) is 4.99 Å². The molecule has 108 valence electrons. The summed E-state index contributed by atoms with van der Waals surface area (Å²) in [6.45, 7) is 1.72. The zero-order valence-corrected chi connectivity index (χ0v) is 11.9. The summed E-state index contributed by atoms with van der Waals surface area (Å²) in [6, 6.07) is 9.43.